The van der Waals surface area contributed by atoms with Crippen LogP contribution in [0.15, 0.2) is 60.7 Å². The van der Waals surface area contributed by atoms with Crippen molar-refractivity contribution in [2.75, 3.05) is 56.2 Å². The molecule has 33 heavy (non-hydrogen) atoms. The summed E-state index contributed by atoms with van der Waals surface area (Å²) in [7, 11) is 1.69. The van der Waals surface area contributed by atoms with Crippen LogP contribution in [0.3, 0.4) is 0 Å². The van der Waals surface area contributed by atoms with E-state index in [1.807, 2.05) is 23.1 Å². The number of piperidine rings is 1. The summed E-state index contributed by atoms with van der Waals surface area (Å²) >= 11 is 1.67. The highest BCUT2D eigenvalue weighted by atomic mass is 32.1. The van der Waals surface area contributed by atoms with E-state index >= 15 is 0 Å². The molecule has 0 atom stereocenters. The van der Waals surface area contributed by atoms with E-state index in [9.17, 15) is 4.79 Å². The molecule has 2 aromatic carbocycles. The van der Waals surface area contributed by atoms with Gasteiger partial charge in [-0.2, -0.15) is 0 Å². The van der Waals surface area contributed by atoms with Crippen molar-refractivity contribution < 1.29 is 9.53 Å². The van der Waals surface area contributed by atoms with Gasteiger partial charge < -0.3 is 19.4 Å². The Bertz CT molecular complexity index is 1080. The van der Waals surface area contributed by atoms with Crippen molar-refractivity contribution in [3.63, 3.8) is 0 Å². The molecule has 0 saturated carbocycles. The van der Waals surface area contributed by atoms with Gasteiger partial charge in [-0.3, -0.25) is 4.79 Å². The Labute approximate surface area is 200 Å². The van der Waals surface area contributed by atoms with Crippen molar-refractivity contribution in [1.29, 1.82) is 0 Å². The third kappa shape index (κ3) is 4.71. The van der Waals surface area contributed by atoms with Crippen molar-refractivity contribution in [1.82, 2.24) is 4.90 Å². The molecule has 3 heterocycles. The number of amides is 1. The first-order valence-corrected chi connectivity index (χ1v) is 12.7. The zero-order valence-corrected chi connectivity index (χ0v) is 20.0. The summed E-state index contributed by atoms with van der Waals surface area (Å²) in [5.41, 5.74) is 3.54. The lowest BCUT2D eigenvalue weighted by Crippen LogP contribution is -2.48. The fourth-order valence-corrected chi connectivity index (χ4v) is 5.97. The predicted molar refractivity (Wildman–Crippen MR) is 137 cm³/mol. The monoisotopic (exact) mass is 461 g/mol. The summed E-state index contributed by atoms with van der Waals surface area (Å²) in [5.74, 6) is 1.02. The van der Waals surface area contributed by atoms with Gasteiger partial charge in [-0.05, 0) is 43.0 Å². The molecule has 1 amide bonds. The van der Waals surface area contributed by atoms with E-state index in [2.05, 4.69) is 52.3 Å². The minimum Gasteiger partial charge on any atom is -0.497 e. The molecule has 3 aromatic rings. The fourth-order valence-electron chi connectivity index (χ4n) is 4.77. The van der Waals surface area contributed by atoms with Crippen molar-refractivity contribution in [2.24, 2.45) is 0 Å². The summed E-state index contributed by atoms with van der Waals surface area (Å²) in [6, 6.07) is 20.8. The zero-order valence-electron chi connectivity index (χ0n) is 19.2. The molecule has 0 N–H and O–H groups in total. The van der Waals surface area contributed by atoms with Crippen LogP contribution in [0.5, 0.6) is 5.75 Å². The Morgan fingerprint density at radius 1 is 0.818 bits per heavy atom. The summed E-state index contributed by atoms with van der Waals surface area (Å²) in [6.07, 6.45) is 3.75. The number of hydrogen-bond donors (Lipinski definition) is 0. The summed E-state index contributed by atoms with van der Waals surface area (Å²) in [4.78, 5) is 21.2. The topological polar surface area (TPSA) is 36.0 Å². The molecular weight excluding hydrogens is 430 g/mol. The summed E-state index contributed by atoms with van der Waals surface area (Å²) in [6.45, 7) is 5.27. The van der Waals surface area contributed by atoms with Gasteiger partial charge in [-0.25, -0.2) is 0 Å². The fraction of sp³-hybridized carbons (Fsp3) is 0.370. The average molecular weight is 462 g/mol. The van der Waals surface area contributed by atoms with E-state index in [4.69, 9.17) is 4.74 Å². The molecule has 6 heteroatoms. The Morgan fingerprint density at radius 3 is 2.30 bits per heavy atom. The normalized spacial score (nSPS) is 16.7. The molecule has 5 rings (SSSR count). The maximum Gasteiger partial charge on any atom is 0.264 e. The first-order valence-electron chi connectivity index (χ1n) is 11.9. The van der Waals surface area contributed by atoms with E-state index in [1.165, 1.54) is 35.4 Å². The molecule has 0 unspecified atom stereocenters. The lowest BCUT2D eigenvalue weighted by Gasteiger charge is -2.36. The first kappa shape index (κ1) is 21.8. The van der Waals surface area contributed by atoms with Gasteiger partial charge in [0, 0.05) is 56.6 Å². The van der Waals surface area contributed by atoms with Crippen LogP contribution in [0, 0.1) is 0 Å². The molecule has 0 spiro atoms. The molecule has 2 aliphatic heterocycles. The molecule has 1 aromatic heterocycles. The van der Waals surface area contributed by atoms with E-state index in [0.29, 0.717) is 0 Å². The van der Waals surface area contributed by atoms with Gasteiger partial charge >= 0.3 is 0 Å². The van der Waals surface area contributed by atoms with Crippen LogP contribution >= 0.6 is 11.3 Å². The SMILES string of the molecule is COc1cccc(N2CCN(C(=O)c3cc(-c4ccccc4)c(N4CCCCC4)s3)CC2)c1. The van der Waals surface area contributed by atoms with Crippen LogP contribution in [0.25, 0.3) is 11.1 Å². The number of ether oxygens (including phenoxy) is 1. The van der Waals surface area contributed by atoms with Gasteiger partial charge in [0.25, 0.3) is 5.91 Å². The van der Waals surface area contributed by atoms with Gasteiger partial charge in [0.1, 0.15) is 5.75 Å². The Hall–Kier alpha value is -2.99. The highest BCUT2D eigenvalue weighted by Crippen LogP contribution is 2.40. The number of nitrogens with zero attached hydrogens (tertiary/aromatic N) is 3. The van der Waals surface area contributed by atoms with Crippen molar-refractivity contribution >= 4 is 27.9 Å². The number of piperazine rings is 1. The third-order valence-corrected chi connectivity index (χ3v) is 7.82. The minimum atomic E-state index is 0.158. The van der Waals surface area contributed by atoms with Gasteiger partial charge in [-0.15, -0.1) is 11.3 Å². The van der Waals surface area contributed by atoms with E-state index in [-0.39, 0.29) is 5.91 Å². The van der Waals surface area contributed by atoms with Crippen molar-refractivity contribution in [3.05, 3.63) is 65.5 Å². The predicted octanol–water partition coefficient (Wildman–Crippen LogP) is 5.38. The standard InChI is InChI=1S/C27H31N3O2S/c1-32-23-12-8-11-22(19-23)28-15-17-29(18-16-28)26(31)25-20-24(21-9-4-2-5-10-21)27(33-25)30-13-6-3-7-14-30/h2,4-5,8-12,19-20H,3,6-7,13-18H2,1H3. The second kappa shape index (κ2) is 9.87. The van der Waals surface area contributed by atoms with E-state index in [1.54, 1.807) is 18.4 Å². The smallest absolute Gasteiger partial charge is 0.264 e. The summed E-state index contributed by atoms with van der Waals surface area (Å²) < 4.78 is 5.37. The molecule has 0 radical (unpaired) electrons. The number of anilines is 2. The number of carbonyl (C=O) groups excluding carboxylic acids is 1. The Balaban J connectivity index is 1.34. The van der Waals surface area contributed by atoms with E-state index < -0.39 is 0 Å². The van der Waals surface area contributed by atoms with E-state index in [0.717, 1.165) is 55.6 Å². The minimum absolute atomic E-state index is 0.158. The summed E-state index contributed by atoms with van der Waals surface area (Å²) in [5, 5.41) is 1.25. The zero-order chi connectivity index (χ0) is 22.6. The van der Waals surface area contributed by atoms with Crippen LogP contribution in [-0.4, -0.2) is 57.2 Å². The molecule has 0 bridgehead atoms. The molecule has 0 aliphatic carbocycles. The lowest BCUT2D eigenvalue weighted by molar-refractivity contribution is 0.0751. The van der Waals surface area contributed by atoms with Crippen LogP contribution in [0.2, 0.25) is 0 Å². The number of thiophene rings is 1. The van der Waals surface area contributed by atoms with Gasteiger partial charge in [0.2, 0.25) is 0 Å². The molecule has 172 valence electrons. The van der Waals surface area contributed by atoms with Crippen LogP contribution in [0.1, 0.15) is 28.9 Å². The third-order valence-electron chi connectivity index (χ3n) is 6.64. The second-order valence-corrected chi connectivity index (χ2v) is 9.75. The maximum atomic E-state index is 13.5. The number of carbonyl (C=O) groups is 1. The number of methoxy groups -OCH3 is 1. The number of benzene rings is 2. The first-order chi connectivity index (χ1) is 16.2. The Kier molecular flexibility index (Phi) is 6.53. The Morgan fingerprint density at radius 2 is 1.58 bits per heavy atom. The van der Waals surface area contributed by atoms with Crippen LogP contribution in [0.4, 0.5) is 10.7 Å². The van der Waals surface area contributed by atoms with Crippen LogP contribution < -0.4 is 14.5 Å². The van der Waals surface area contributed by atoms with Crippen molar-refractivity contribution in [3.8, 4) is 16.9 Å². The van der Waals surface area contributed by atoms with Crippen molar-refractivity contribution in [2.45, 2.75) is 19.3 Å². The quantitative estimate of drug-likeness (QED) is 0.511. The second-order valence-electron chi connectivity index (χ2n) is 8.72. The highest BCUT2D eigenvalue weighted by Gasteiger charge is 2.27. The lowest BCUT2D eigenvalue weighted by atomic mass is 10.1. The molecule has 2 saturated heterocycles. The largest absolute Gasteiger partial charge is 0.497 e. The average Bonchev–Trinajstić information content (AvgIpc) is 3.35. The van der Waals surface area contributed by atoms with Crippen LogP contribution in [-0.2, 0) is 0 Å². The molecule has 2 aliphatic rings. The van der Waals surface area contributed by atoms with Gasteiger partial charge in [0.05, 0.1) is 17.0 Å². The highest BCUT2D eigenvalue weighted by molar-refractivity contribution is 7.18. The number of rotatable bonds is 5. The molecule has 5 nitrogen and oxygen atoms in total. The molecule has 2 fully saturated rings. The molecular formula is C27H31N3O2S. The van der Waals surface area contributed by atoms with Gasteiger partial charge in [0.15, 0.2) is 0 Å². The number of hydrogen-bond acceptors (Lipinski definition) is 5. The maximum absolute atomic E-state index is 13.5. The van der Waals surface area contributed by atoms with Gasteiger partial charge in [-0.1, -0.05) is 36.4 Å².